The molecule has 2 aromatic carbocycles. The molecule has 0 saturated carbocycles. The molecule has 0 saturated heterocycles. The third kappa shape index (κ3) is 3.79. The molecule has 0 aromatic heterocycles. The number of methoxy groups -OCH3 is 2. The number of anilines is 1. The highest BCUT2D eigenvalue weighted by atomic mass is 16.5. The molecule has 0 aliphatic carbocycles. The number of ether oxygens (including phenoxy) is 3. The van der Waals surface area contributed by atoms with E-state index in [1.54, 1.807) is 14.2 Å². The highest BCUT2D eigenvalue weighted by Crippen LogP contribution is 2.35. The molecular formula is C19H21NO5. The summed E-state index contributed by atoms with van der Waals surface area (Å²) in [6.45, 7) is 1.13. The highest BCUT2D eigenvalue weighted by molar-refractivity contribution is 5.68. The minimum atomic E-state index is -0.865. The van der Waals surface area contributed by atoms with Gasteiger partial charge in [-0.25, -0.2) is 0 Å². The quantitative estimate of drug-likeness (QED) is 0.870. The Bertz CT molecular complexity index is 761. The maximum Gasteiger partial charge on any atom is 0.307 e. The van der Waals surface area contributed by atoms with Crippen molar-refractivity contribution in [2.24, 2.45) is 0 Å². The Balaban J connectivity index is 1.86. The monoisotopic (exact) mass is 343 g/mol. The van der Waals surface area contributed by atoms with Gasteiger partial charge in [-0.2, -0.15) is 0 Å². The lowest BCUT2D eigenvalue weighted by atomic mass is 10.1. The number of carboxylic acids is 1. The molecule has 1 aliphatic heterocycles. The highest BCUT2D eigenvalue weighted by Gasteiger charge is 2.27. The summed E-state index contributed by atoms with van der Waals surface area (Å²) in [5.74, 6) is 1.19. The summed E-state index contributed by atoms with van der Waals surface area (Å²) in [6.07, 6.45) is -0.413. The van der Waals surface area contributed by atoms with Crippen LogP contribution in [0.1, 0.15) is 12.0 Å². The Morgan fingerprint density at radius 1 is 1.20 bits per heavy atom. The topological polar surface area (TPSA) is 68.2 Å². The van der Waals surface area contributed by atoms with Gasteiger partial charge in [0.15, 0.2) is 11.5 Å². The van der Waals surface area contributed by atoms with Crippen molar-refractivity contribution in [3.8, 4) is 17.2 Å². The van der Waals surface area contributed by atoms with Crippen molar-refractivity contribution in [2.45, 2.75) is 19.1 Å². The Morgan fingerprint density at radius 3 is 2.68 bits per heavy atom. The van der Waals surface area contributed by atoms with Crippen LogP contribution in [0.2, 0.25) is 0 Å². The van der Waals surface area contributed by atoms with E-state index in [1.165, 1.54) is 0 Å². The van der Waals surface area contributed by atoms with E-state index in [9.17, 15) is 4.79 Å². The van der Waals surface area contributed by atoms with E-state index in [-0.39, 0.29) is 12.5 Å². The van der Waals surface area contributed by atoms with Gasteiger partial charge >= 0.3 is 5.97 Å². The van der Waals surface area contributed by atoms with Crippen LogP contribution in [-0.4, -0.2) is 37.9 Å². The van der Waals surface area contributed by atoms with E-state index < -0.39 is 5.97 Å². The van der Waals surface area contributed by atoms with Gasteiger partial charge in [0.25, 0.3) is 0 Å². The molecule has 0 spiro atoms. The second kappa shape index (κ2) is 7.34. The number of carbonyl (C=O) groups is 1. The van der Waals surface area contributed by atoms with E-state index in [4.69, 9.17) is 19.3 Å². The van der Waals surface area contributed by atoms with Crippen LogP contribution in [0.4, 0.5) is 5.69 Å². The van der Waals surface area contributed by atoms with Crippen molar-refractivity contribution in [3.63, 3.8) is 0 Å². The summed E-state index contributed by atoms with van der Waals surface area (Å²) in [4.78, 5) is 13.2. The number of carboxylic acid groups (broad SMARTS) is 1. The lowest BCUT2D eigenvalue weighted by molar-refractivity contribution is -0.138. The molecule has 0 bridgehead atoms. The Morgan fingerprint density at radius 2 is 1.96 bits per heavy atom. The van der Waals surface area contributed by atoms with Crippen molar-refractivity contribution in [3.05, 3.63) is 48.0 Å². The molecular weight excluding hydrogens is 322 g/mol. The van der Waals surface area contributed by atoms with Crippen LogP contribution in [0.5, 0.6) is 17.2 Å². The smallest absolute Gasteiger partial charge is 0.307 e. The zero-order chi connectivity index (χ0) is 17.8. The molecule has 6 nitrogen and oxygen atoms in total. The van der Waals surface area contributed by atoms with Crippen molar-refractivity contribution >= 4 is 11.7 Å². The largest absolute Gasteiger partial charge is 0.493 e. The summed E-state index contributed by atoms with van der Waals surface area (Å²) < 4.78 is 16.5. The number of benzene rings is 2. The Labute approximate surface area is 146 Å². The fourth-order valence-electron chi connectivity index (χ4n) is 3.03. The molecule has 2 aromatic rings. The minimum absolute atomic E-state index is 0.0310. The zero-order valence-corrected chi connectivity index (χ0v) is 14.3. The van der Waals surface area contributed by atoms with E-state index in [2.05, 4.69) is 4.90 Å². The predicted octanol–water partition coefficient (Wildman–Crippen LogP) is 2.95. The number of aliphatic carboxylic acids is 1. The number of rotatable bonds is 6. The molecule has 0 radical (unpaired) electrons. The number of hydrogen-bond donors (Lipinski definition) is 1. The second-order valence-electron chi connectivity index (χ2n) is 5.88. The first-order valence-corrected chi connectivity index (χ1v) is 8.04. The molecule has 1 heterocycles. The van der Waals surface area contributed by atoms with Gasteiger partial charge < -0.3 is 24.2 Å². The molecule has 25 heavy (non-hydrogen) atoms. The maximum absolute atomic E-state index is 11.1. The van der Waals surface area contributed by atoms with Crippen LogP contribution < -0.4 is 19.1 Å². The van der Waals surface area contributed by atoms with Gasteiger partial charge in [0, 0.05) is 6.54 Å². The van der Waals surface area contributed by atoms with Crippen LogP contribution >= 0.6 is 0 Å². The average Bonchev–Trinajstić information content (AvgIpc) is 2.61. The first-order valence-electron chi connectivity index (χ1n) is 8.04. The first-order chi connectivity index (χ1) is 12.1. The van der Waals surface area contributed by atoms with Crippen molar-refractivity contribution < 1.29 is 24.1 Å². The third-order valence-electron chi connectivity index (χ3n) is 4.15. The second-order valence-corrected chi connectivity index (χ2v) is 5.88. The van der Waals surface area contributed by atoms with Crippen molar-refractivity contribution in [1.29, 1.82) is 0 Å². The average molecular weight is 343 g/mol. The van der Waals surface area contributed by atoms with Gasteiger partial charge in [0.2, 0.25) is 0 Å². The summed E-state index contributed by atoms with van der Waals surface area (Å²) in [5, 5.41) is 9.09. The summed E-state index contributed by atoms with van der Waals surface area (Å²) in [5.41, 5.74) is 2.00. The normalized spacial score (nSPS) is 15.9. The number of fused-ring (bicyclic) bond motifs is 1. The van der Waals surface area contributed by atoms with Gasteiger partial charge in [-0.1, -0.05) is 18.2 Å². The van der Waals surface area contributed by atoms with Gasteiger partial charge in [-0.05, 0) is 29.8 Å². The SMILES string of the molecule is COc1ccc(CN2CC(CC(=O)O)Oc3ccccc32)cc1OC. The number of para-hydroxylation sites is 2. The summed E-state index contributed by atoms with van der Waals surface area (Å²) in [6, 6.07) is 13.5. The van der Waals surface area contributed by atoms with Crippen LogP contribution in [0, 0.1) is 0 Å². The fourth-order valence-corrected chi connectivity index (χ4v) is 3.03. The van der Waals surface area contributed by atoms with Crippen molar-refractivity contribution in [1.82, 2.24) is 0 Å². The molecule has 1 aliphatic rings. The van der Waals surface area contributed by atoms with Crippen LogP contribution in [0.15, 0.2) is 42.5 Å². The maximum atomic E-state index is 11.1. The molecule has 6 heteroatoms. The Kier molecular flexibility index (Phi) is 4.97. The number of nitrogens with zero attached hydrogens (tertiary/aromatic N) is 1. The van der Waals surface area contributed by atoms with Crippen LogP contribution in [-0.2, 0) is 11.3 Å². The Hall–Kier alpha value is -2.89. The molecule has 3 rings (SSSR count). The molecule has 132 valence electrons. The van der Waals surface area contributed by atoms with Crippen LogP contribution in [0.3, 0.4) is 0 Å². The van der Waals surface area contributed by atoms with E-state index in [0.29, 0.717) is 30.3 Å². The predicted molar refractivity (Wildman–Crippen MR) is 93.7 cm³/mol. The summed E-state index contributed by atoms with van der Waals surface area (Å²) >= 11 is 0. The lowest BCUT2D eigenvalue weighted by Gasteiger charge is -2.36. The third-order valence-corrected chi connectivity index (χ3v) is 4.15. The van der Waals surface area contributed by atoms with Gasteiger partial charge in [0.1, 0.15) is 11.9 Å². The van der Waals surface area contributed by atoms with Gasteiger partial charge in [-0.15, -0.1) is 0 Å². The molecule has 1 atom stereocenters. The molecule has 1 N–H and O–H groups in total. The van der Waals surface area contributed by atoms with Gasteiger partial charge in [-0.3, -0.25) is 4.79 Å². The van der Waals surface area contributed by atoms with Gasteiger partial charge in [0.05, 0.1) is 32.9 Å². The standard InChI is InChI=1S/C19H21NO5/c1-23-17-8-7-13(9-18(17)24-2)11-20-12-14(10-19(21)22)25-16-6-4-3-5-15(16)20/h3-9,14H,10-12H2,1-2H3,(H,21,22). The minimum Gasteiger partial charge on any atom is -0.493 e. The van der Waals surface area contributed by atoms with E-state index >= 15 is 0 Å². The first kappa shape index (κ1) is 17.0. The molecule has 0 amide bonds. The zero-order valence-electron chi connectivity index (χ0n) is 14.3. The molecule has 0 fully saturated rings. The van der Waals surface area contributed by atoms with Crippen molar-refractivity contribution in [2.75, 3.05) is 25.7 Å². The molecule has 1 unspecified atom stereocenters. The summed E-state index contributed by atoms with van der Waals surface area (Å²) in [7, 11) is 3.21. The fraction of sp³-hybridized carbons (Fsp3) is 0.316. The van der Waals surface area contributed by atoms with E-state index in [1.807, 2.05) is 42.5 Å². The van der Waals surface area contributed by atoms with E-state index in [0.717, 1.165) is 11.3 Å². The van der Waals surface area contributed by atoms with Crippen LogP contribution in [0.25, 0.3) is 0 Å². The number of hydrogen-bond acceptors (Lipinski definition) is 5. The lowest BCUT2D eigenvalue weighted by Crippen LogP contribution is -2.40.